The lowest BCUT2D eigenvalue weighted by molar-refractivity contribution is -0.120. The van der Waals surface area contributed by atoms with Crippen molar-refractivity contribution in [1.29, 1.82) is 0 Å². The van der Waals surface area contributed by atoms with Crippen LogP contribution in [0.4, 0.5) is 5.13 Å². The van der Waals surface area contributed by atoms with Crippen molar-refractivity contribution in [2.45, 2.75) is 17.7 Å². The number of hydrogen-bond donors (Lipinski definition) is 1. The van der Waals surface area contributed by atoms with E-state index in [9.17, 15) is 13.2 Å². The van der Waals surface area contributed by atoms with Crippen molar-refractivity contribution < 1.29 is 17.9 Å². The first-order valence-electron chi connectivity index (χ1n) is 9.48. The number of ether oxygens (including phenoxy) is 1. The maximum Gasteiger partial charge on any atom is 0.243 e. The summed E-state index contributed by atoms with van der Waals surface area (Å²) in [5.74, 6) is 0.894. The predicted molar refractivity (Wildman–Crippen MR) is 107 cm³/mol. The van der Waals surface area contributed by atoms with E-state index in [4.69, 9.17) is 4.74 Å². The molecule has 1 saturated carbocycles. The topological polar surface area (TPSA) is 88.6 Å². The Morgan fingerprint density at radius 2 is 2.04 bits per heavy atom. The molecule has 1 saturated heterocycles. The molecule has 2 aliphatic carbocycles. The zero-order chi connectivity index (χ0) is 19.3. The van der Waals surface area contributed by atoms with Crippen LogP contribution in [0.25, 0.3) is 10.2 Å². The zero-order valence-electron chi connectivity index (χ0n) is 15.2. The summed E-state index contributed by atoms with van der Waals surface area (Å²) in [6.45, 7) is 1.55. The zero-order valence-corrected chi connectivity index (χ0v) is 16.8. The summed E-state index contributed by atoms with van der Waals surface area (Å²) in [7, 11) is -3.55. The minimum absolute atomic E-state index is 0.0112. The van der Waals surface area contributed by atoms with Gasteiger partial charge in [-0.05, 0) is 42.9 Å². The van der Waals surface area contributed by atoms with Gasteiger partial charge >= 0.3 is 0 Å². The van der Waals surface area contributed by atoms with E-state index in [-0.39, 0.29) is 16.7 Å². The molecule has 7 nitrogen and oxygen atoms in total. The number of morpholine rings is 1. The van der Waals surface area contributed by atoms with Crippen LogP contribution in [-0.4, -0.2) is 49.9 Å². The summed E-state index contributed by atoms with van der Waals surface area (Å²) in [5, 5.41) is 3.46. The molecule has 1 aliphatic heterocycles. The maximum atomic E-state index is 12.8. The summed E-state index contributed by atoms with van der Waals surface area (Å²) in [6.07, 6.45) is 6.34. The van der Waals surface area contributed by atoms with Gasteiger partial charge < -0.3 is 10.1 Å². The Hall–Kier alpha value is -1.81. The number of sulfonamides is 1. The molecule has 3 aliphatic rings. The summed E-state index contributed by atoms with van der Waals surface area (Å²) >= 11 is 1.31. The second-order valence-corrected chi connectivity index (χ2v) is 10.5. The van der Waals surface area contributed by atoms with Crippen molar-refractivity contribution in [2.75, 3.05) is 31.6 Å². The molecule has 3 unspecified atom stereocenters. The maximum absolute atomic E-state index is 12.8. The molecule has 148 valence electrons. The Balaban J connectivity index is 1.36. The Morgan fingerprint density at radius 1 is 1.21 bits per heavy atom. The Labute approximate surface area is 167 Å². The number of nitrogens with zero attached hydrogens (tertiary/aromatic N) is 2. The third-order valence-electron chi connectivity index (χ3n) is 5.81. The number of amides is 1. The molecule has 0 radical (unpaired) electrons. The van der Waals surface area contributed by atoms with E-state index >= 15 is 0 Å². The van der Waals surface area contributed by atoms with Crippen LogP contribution < -0.4 is 5.32 Å². The van der Waals surface area contributed by atoms with E-state index in [0.717, 1.165) is 17.5 Å². The number of rotatable bonds is 4. The highest BCUT2D eigenvalue weighted by molar-refractivity contribution is 7.89. The van der Waals surface area contributed by atoms with E-state index in [2.05, 4.69) is 22.5 Å². The number of fused-ring (bicyclic) bond motifs is 3. The van der Waals surface area contributed by atoms with Gasteiger partial charge in [-0.25, -0.2) is 13.4 Å². The highest BCUT2D eigenvalue weighted by atomic mass is 32.2. The summed E-state index contributed by atoms with van der Waals surface area (Å²) in [5.41, 5.74) is 0.689. The number of benzene rings is 1. The van der Waals surface area contributed by atoms with Crippen LogP contribution in [0.3, 0.4) is 0 Å². The van der Waals surface area contributed by atoms with Gasteiger partial charge in [-0.15, -0.1) is 0 Å². The second kappa shape index (κ2) is 6.91. The SMILES string of the molecule is O=C(Nc1nc2ccc(S(=O)(=O)N3CCOCC3)cc2s1)C1CC2C=CC1C2. The fourth-order valence-electron chi connectivity index (χ4n) is 4.34. The van der Waals surface area contributed by atoms with Gasteiger partial charge in [-0.2, -0.15) is 4.31 Å². The van der Waals surface area contributed by atoms with Gasteiger partial charge in [-0.1, -0.05) is 23.5 Å². The van der Waals surface area contributed by atoms with Crippen LogP contribution in [0, 0.1) is 17.8 Å². The fraction of sp³-hybridized carbons (Fsp3) is 0.474. The molecule has 9 heteroatoms. The van der Waals surface area contributed by atoms with Crippen molar-refractivity contribution in [3.8, 4) is 0 Å². The Morgan fingerprint density at radius 3 is 2.75 bits per heavy atom. The lowest BCUT2D eigenvalue weighted by Crippen LogP contribution is -2.40. The predicted octanol–water partition coefficient (Wildman–Crippen LogP) is 2.47. The largest absolute Gasteiger partial charge is 0.379 e. The summed E-state index contributed by atoms with van der Waals surface area (Å²) in [4.78, 5) is 17.3. The van der Waals surface area contributed by atoms with Crippen molar-refractivity contribution in [2.24, 2.45) is 17.8 Å². The van der Waals surface area contributed by atoms with E-state index in [1.165, 1.54) is 15.6 Å². The number of aromatic nitrogens is 1. The highest BCUT2D eigenvalue weighted by Crippen LogP contribution is 2.44. The number of allylic oxidation sites excluding steroid dienone is 2. The lowest BCUT2D eigenvalue weighted by Gasteiger charge is -2.25. The van der Waals surface area contributed by atoms with Crippen LogP contribution >= 0.6 is 11.3 Å². The molecule has 1 aromatic carbocycles. The molecule has 3 atom stereocenters. The quantitative estimate of drug-likeness (QED) is 0.769. The standard InChI is InChI=1S/C19H21N3O4S2/c23-18(15-10-12-1-2-13(15)9-12)21-19-20-16-4-3-14(11-17(16)27-19)28(24,25)22-5-7-26-8-6-22/h1-4,11-13,15H,5-10H2,(H,20,21,23). The van der Waals surface area contributed by atoms with Crippen molar-refractivity contribution >= 4 is 42.6 Å². The molecule has 1 aromatic heterocycles. The molecule has 2 aromatic rings. The third kappa shape index (κ3) is 3.16. The average Bonchev–Trinajstić information content (AvgIpc) is 3.43. The summed E-state index contributed by atoms with van der Waals surface area (Å²) in [6, 6.07) is 4.93. The first-order valence-corrected chi connectivity index (χ1v) is 11.7. The normalized spacial score (nSPS) is 27.5. The molecule has 2 bridgehead atoms. The second-order valence-electron chi connectivity index (χ2n) is 7.54. The van der Waals surface area contributed by atoms with Gasteiger partial charge in [0.05, 0.1) is 28.3 Å². The first kappa shape index (κ1) is 18.2. The van der Waals surface area contributed by atoms with Crippen LogP contribution in [0.1, 0.15) is 12.8 Å². The lowest BCUT2D eigenvalue weighted by atomic mass is 9.93. The highest BCUT2D eigenvalue weighted by Gasteiger charge is 2.40. The fourth-order valence-corrected chi connectivity index (χ4v) is 6.75. The molecule has 2 heterocycles. The molecule has 28 heavy (non-hydrogen) atoms. The Kier molecular flexibility index (Phi) is 4.50. The number of hydrogen-bond acceptors (Lipinski definition) is 6. The number of carbonyl (C=O) groups is 1. The minimum atomic E-state index is -3.55. The number of thiazole rings is 1. The molecule has 1 amide bonds. The van der Waals surface area contributed by atoms with Gasteiger partial charge in [-0.3, -0.25) is 4.79 Å². The molecule has 1 N–H and O–H groups in total. The molecule has 2 fully saturated rings. The van der Waals surface area contributed by atoms with Crippen molar-refractivity contribution in [3.63, 3.8) is 0 Å². The van der Waals surface area contributed by atoms with Crippen LogP contribution in [0.15, 0.2) is 35.2 Å². The van der Waals surface area contributed by atoms with Crippen molar-refractivity contribution in [3.05, 3.63) is 30.4 Å². The van der Waals surface area contributed by atoms with Crippen LogP contribution in [0.2, 0.25) is 0 Å². The van der Waals surface area contributed by atoms with Gasteiger partial charge in [0, 0.05) is 19.0 Å². The third-order valence-corrected chi connectivity index (χ3v) is 8.64. The minimum Gasteiger partial charge on any atom is -0.379 e. The summed E-state index contributed by atoms with van der Waals surface area (Å²) < 4.78 is 33.1. The van der Waals surface area contributed by atoms with E-state index in [0.29, 0.717) is 48.8 Å². The molecule has 5 rings (SSSR count). The van der Waals surface area contributed by atoms with Gasteiger partial charge in [0.2, 0.25) is 15.9 Å². The molecular formula is C19H21N3O4S2. The van der Waals surface area contributed by atoms with Gasteiger partial charge in [0.15, 0.2) is 5.13 Å². The van der Waals surface area contributed by atoms with E-state index < -0.39 is 10.0 Å². The van der Waals surface area contributed by atoms with E-state index in [1.807, 2.05) is 0 Å². The number of carbonyl (C=O) groups excluding carboxylic acids is 1. The Bertz CT molecular complexity index is 1060. The van der Waals surface area contributed by atoms with Gasteiger partial charge in [0.1, 0.15) is 0 Å². The van der Waals surface area contributed by atoms with Crippen LogP contribution in [-0.2, 0) is 19.6 Å². The molecule has 0 spiro atoms. The van der Waals surface area contributed by atoms with Gasteiger partial charge in [0.25, 0.3) is 0 Å². The monoisotopic (exact) mass is 419 g/mol. The number of anilines is 1. The van der Waals surface area contributed by atoms with E-state index in [1.54, 1.807) is 18.2 Å². The smallest absolute Gasteiger partial charge is 0.243 e. The van der Waals surface area contributed by atoms with Crippen molar-refractivity contribution in [1.82, 2.24) is 9.29 Å². The average molecular weight is 420 g/mol. The molecular weight excluding hydrogens is 398 g/mol. The number of nitrogens with one attached hydrogen (secondary N) is 1. The first-order chi connectivity index (χ1) is 13.5. The van der Waals surface area contributed by atoms with Crippen LogP contribution in [0.5, 0.6) is 0 Å².